The van der Waals surface area contributed by atoms with E-state index in [2.05, 4.69) is 5.32 Å². The molecule has 0 unspecified atom stereocenters. The molecule has 33 heavy (non-hydrogen) atoms. The number of carbonyl (C=O) groups is 4. The highest BCUT2D eigenvalue weighted by atomic mass is 32.1. The van der Waals surface area contributed by atoms with E-state index in [0.717, 1.165) is 22.5 Å². The summed E-state index contributed by atoms with van der Waals surface area (Å²) in [5.74, 6) is -2.11. The fourth-order valence-corrected chi connectivity index (χ4v) is 4.33. The second-order valence-corrected chi connectivity index (χ2v) is 8.40. The van der Waals surface area contributed by atoms with Gasteiger partial charge in [-0.2, -0.15) is 0 Å². The monoisotopic (exact) mass is 474 g/mol. The number of ether oxygens (including phenoxy) is 2. The van der Waals surface area contributed by atoms with Crippen LogP contribution in [-0.2, 0) is 14.3 Å². The van der Waals surface area contributed by atoms with Crippen molar-refractivity contribution in [3.63, 3.8) is 0 Å². The van der Waals surface area contributed by atoms with Crippen LogP contribution in [0.4, 0.5) is 5.00 Å². The van der Waals surface area contributed by atoms with Crippen molar-refractivity contribution in [2.45, 2.75) is 41.5 Å². The first-order chi connectivity index (χ1) is 15.6. The molecule has 1 N–H and O–H groups in total. The summed E-state index contributed by atoms with van der Waals surface area (Å²) in [5.41, 5.74) is 2.90. The van der Waals surface area contributed by atoms with Gasteiger partial charge >= 0.3 is 11.9 Å². The molecule has 0 radical (unpaired) electrons. The third-order valence-corrected chi connectivity index (χ3v) is 6.40. The van der Waals surface area contributed by atoms with Crippen molar-refractivity contribution in [3.05, 3.63) is 50.9 Å². The Balaban J connectivity index is 2.21. The Bertz CT molecular complexity index is 1060. The fourth-order valence-electron chi connectivity index (χ4n) is 3.15. The lowest BCUT2D eigenvalue weighted by molar-refractivity contribution is -0.119. The van der Waals surface area contributed by atoms with Crippen molar-refractivity contribution in [1.29, 1.82) is 0 Å². The Morgan fingerprint density at radius 3 is 2.18 bits per heavy atom. The molecule has 0 fully saturated rings. The van der Waals surface area contributed by atoms with Crippen LogP contribution >= 0.6 is 11.3 Å². The maximum Gasteiger partial charge on any atom is 0.341 e. The van der Waals surface area contributed by atoms with Crippen LogP contribution in [0.1, 0.15) is 67.8 Å². The number of thiophene rings is 1. The van der Waals surface area contributed by atoms with Crippen molar-refractivity contribution in [1.82, 2.24) is 4.90 Å². The van der Waals surface area contributed by atoms with Gasteiger partial charge in [-0.3, -0.25) is 9.59 Å². The van der Waals surface area contributed by atoms with Crippen LogP contribution in [0.15, 0.2) is 18.2 Å². The lowest BCUT2D eigenvalue weighted by atomic mass is 10.1. The Kier molecular flexibility index (Phi) is 9.16. The summed E-state index contributed by atoms with van der Waals surface area (Å²) in [4.78, 5) is 52.2. The molecular formula is C24H30N2O6S. The highest BCUT2D eigenvalue weighted by Gasteiger charge is 2.28. The molecule has 1 heterocycles. The summed E-state index contributed by atoms with van der Waals surface area (Å²) in [6.07, 6.45) is 0. The second kappa shape index (κ2) is 11.6. The van der Waals surface area contributed by atoms with Gasteiger partial charge in [-0.25, -0.2) is 9.59 Å². The zero-order valence-corrected chi connectivity index (χ0v) is 20.7. The first kappa shape index (κ1) is 26.1. The Labute approximate surface area is 197 Å². The summed E-state index contributed by atoms with van der Waals surface area (Å²) in [5, 5.41) is 2.79. The minimum absolute atomic E-state index is 0.131. The number of nitrogens with one attached hydrogen (secondary N) is 1. The third-order valence-electron chi connectivity index (χ3n) is 5.20. The predicted octanol–water partition coefficient (Wildman–Crippen LogP) is 4.13. The third kappa shape index (κ3) is 6.19. The smallest absolute Gasteiger partial charge is 0.341 e. The van der Waals surface area contributed by atoms with Gasteiger partial charge in [0.2, 0.25) is 0 Å². The fraction of sp³-hybridized carbons (Fsp3) is 0.417. The summed E-state index contributed by atoms with van der Waals surface area (Å²) < 4.78 is 10.2. The molecule has 0 aliphatic carbocycles. The van der Waals surface area contributed by atoms with Crippen molar-refractivity contribution >= 4 is 40.1 Å². The van der Waals surface area contributed by atoms with Gasteiger partial charge in [0.05, 0.1) is 22.6 Å². The van der Waals surface area contributed by atoms with E-state index in [1.807, 2.05) is 27.7 Å². The van der Waals surface area contributed by atoms with E-state index >= 15 is 0 Å². The Morgan fingerprint density at radius 2 is 1.61 bits per heavy atom. The van der Waals surface area contributed by atoms with E-state index in [-0.39, 0.29) is 23.1 Å². The summed E-state index contributed by atoms with van der Waals surface area (Å²) in [6.45, 7) is 11.5. The number of amides is 2. The average Bonchev–Trinajstić information content (AvgIpc) is 3.10. The lowest BCUT2D eigenvalue weighted by Gasteiger charge is -2.18. The molecule has 1 aromatic carbocycles. The standard InChI is InChI=1S/C24H30N2O6S/c1-7-26(8-2)22(28)20-16(6)19(24(30)31-9-3)21(33-20)25-18(27)13-32-23(29)17-11-10-14(4)15(5)12-17/h10-12H,7-9,13H2,1-6H3,(H,25,27). The normalized spacial score (nSPS) is 10.5. The Morgan fingerprint density at radius 1 is 0.939 bits per heavy atom. The summed E-state index contributed by atoms with van der Waals surface area (Å²) in [6, 6.07) is 5.14. The molecule has 0 spiro atoms. The number of rotatable bonds is 9. The minimum atomic E-state index is -0.632. The second-order valence-electron chi connectivity index (χ2n) is 7.38. The van der Waals surface area contributed by atoms with Gasteiger partial charge in [-0.05, 0) is 70.4 Å². The molecule has 1 aromatic heterocycles. The van der Waals surface area contributed by atoms with Crippen LogP contribution in [0.25, 0.3) is 0 Å². The number of benzene rings is 1. The number of hydrogen-bond acceptors (Lipinski definition) is 7. The van der Waals surface area contributed by atoms with Crippen molar-refractivity contribution in [3.8, 4) is 0 Å². The molecule has 0 aliphatic rings. The number of esters is 2. The van der Waals surface area contributed by atoms with Crippen LogP contribution in [0.2, 0.25) is 0 Å². The maximum atomic E-state index is 12.9. The topological polar surface area (TPSA) is 102 Å². The lowest BCUT2D eigenvalue weighted by Crippen LogP contribution is -2.30. The van der Waals surface area contributed by atoms with Crippen molar-refractivity contribution < 1.29 is 28.7 Å². The predicted molar refractivity (Wildman–Crippen MR) is 127 cm³/mol. The molecule has 0 aliphatic heterocycles. The van der Waals surface area contributed by atoms with Crippen molar-refractivity contribution in [2.75, 3.05) is 31.6 Å². The van der Waals surface area contributed by atoms with Gasteiger partial charge in [-0.15, -0.1) is 11.3 Å². The number of aryl methyl sites for hydroxylation is 2. The maximum absolute atomic E-state index is 12.9. The zero-order chi connectivity index (χ0) is 24.7. The van der Waals surface area contributed by atoms with Gasteiger partial charge in [-0.1, -0.05) is 6.07 Å². The number of anilines is 1. The summed E-state index contributed by atoms with van der Waals surface area (Å²) >= 11 is 1.01. The molecule has 2 aromatic rings. The van der Waals surface area contributed by atoms with Gasteiger partial charge in [0.25, 0.3) is 11.8 Å². The quantitative estimate of drug-likeness (QED) is 0.549. The van der Waals surface area contributed by atoms with Gasteiger partial charge in [0.15, 0.2) is 6.61 Å². The molecule has 0 bridgehead atoms. The van der Waals surface area contributed by atoms with Crippen LogP contribution in [-0.4, -0.2) is 55.0 Å². The summed E-state index contributed by atoms with van der Waals surface area (Å²) in [7, 11) is 0. The number of hydrogen-bond donors (Lipinski definition) is 1. The molecule has 0 saturated heterocycles. The van der Waals surface area contributed by atoms with Crippen LogP contribution in [0, 0.1) is 20.8 Å². The first-order valence-corrected chi connectivity index (χ1v) is 11.6. The average molecular weight is 475 g/mol. The molecule has 2 rings (SSSR count). The molecule has 178 valence electrons. The van der Waals surface area contributed by atoms with E-state index < -0.39 is 24.5 Å². The SMILES string of the molecule is CCOC(=O)c1c(NC(=O)COC(=O)c2ccc(C)c(C)c2)sc(C(=O)N(CC)CC)c1C. The molecule has 9 heteroatoms. The number of nitrogens with zero attached hydrogens (tertiary/aromatic N) is 1. The van der Waals surface area contributed by atoms with Crippen LogP contribution in [0.3, 0.4) is 0 Å². The Hall–Kier alpha value is -3.20. The number of carbonyl (C=O) groups excluding carboxylic acids is 4. The van der Waals surface area contributed by atoms with E-state index in [4.69, 9.17) is 9.47 Å². The van der Waals surface area contributed by atoms with Crippen molar-refractivity contribution in [2.24, 2.45) is 0 Å². The first-order valence-electron chi connectivity index (χ1n) is 10.8. The molecular weight excluding hydrogens is 444 g/mol. The van der Waals surface area contributed by atoms with Gasteiger partial charge in [0.1, 0.15) is 5.00 Å². The van der Waals surface area contributed by atoms with Crippen LogP contribution in [0.5, 0.6) is 0 Å². The molecule has 2 amide bonds. The highest BCUT2D eigenvalue weighted by molar-refractivity contribution is 7.18. The molecule has 8 nitrogen and oxygen atoms in total. The molecule has 0 atom stereocenters. The molecule has 0 saturated carbocycles. The highest BCUT2D eigenvalue weighted by Crippen LogP contribution is 2.34. The minimum Gasteiger partial charge on any atom is -0.462 e. The van der Waals surface area contributed by atoms with E-state index in [1.54, 1.807) is 36.9 Å². The van der Waals surface area contributed by atoms with E-state index in [1.165, 1.54) is 0 Å². The van der Waals surface area contributed by atoms with Gasteiger partial charge in [0, 0.05) is 13.1 Å². The van der Waals surface area contributed by atoms with E-state index in [9.17, 15) is 19.2 Å². The largest absolute Gasteiger partial charge is 0.462 e. The van der Waals surface area contributed by atoms with E-state index in [0.29, 0.717) is 29.1 Å². The van der Waals surface area contributed by atoms with Crippen LogP contribution < -0.4 is 5.32 Å². The van der Waals surface area contributed by atoms with Gasteiger partial charge < -0.3 is 19.7 Å². The zero-order valence-electron chi connectivity index (χ0n) is 19.9.